The van der Waals surface area contributed by atoms with Gasteiger partial charge in [0, 0.05) is 12.0 Å². The molecule has 0 amide bonds. The summed E-state index contributed by atoms with van der Waals surface area (Å²) in [6, 6.07) is 12.7. The Morgan fingerprint density at radius 1 is 1.00 bits per heavy atom. The van der Waals surface area contributed by atoms with Crippen molar-refractivity contribution in [3.8, 4) is 5.75 Å². The lowest BCUT2D eigenvalue weighted by Crippen LogP contribution is -2.16. The van der Waals surface area contributed by atoms with Gasteiger partial charge < -0.3 is 9.47 Å². The second kappa shape index (κ2) is 6.48. The first-order chi connectivity index (χ1) is 9.90. The third kappa shape index (κ3) is 4.21. The van der Waals surface area contributed by atoms with Crippen molar-refractivity contribution < 1.29 is 9.47 Å². The fourth-order valence-electron chi connectivity index (χ4n) is 2.62. The smallest absolute Gasteiger partial charge is 0.196 e. The van der Waals surface area contributed by atoms with E-state index in [9.17, 15) is 0 Å². The van der Waals surface area contributed by atoms with Crippen LogP contribution in [0.1, 0.15) is 40.2 Å². The average Bonchev–Trinajstić information content (AvgIpc) is 2.38. The van der Waals surface area contributed by atoms with Crippen molar-refractivity contribution in [3.63, 3.8) is 0 Å². The first-order valence-corrected chi connectivity index (χ1v) is 7.69. The van der Waals surface area contributed by atoms with Crippen LogP contribution in [0, 0.1) is 5.41 Å². The number of rotatable bonds is 5. The predicted octanol–water partition coefficient (Wildman–Crippen LogP) is 5.19. The van der Waals surface area contributed by atoms with Crippen LogP contribution in [0.5, 0.6) is 5.75 Å². The molecule has 0 aliphatic heterocycles. The summed E-state index contributed by atoms with van der Waals surface area (Å²) >= 11 is 0. The molecule has 2 rings (SSSR count). The lowest BCUT2D eigenvalue weighted by atomic mass is 9.86. The van der Waals surface area contributed by atoms with E-state index in [-0.39, 0.29) is 11.7 Å². The molecule has 114 valence electrons. The molecule has 2 aromatic rings. The number of fused-ring (bicyclic) bond motifs is 1. The molecule has 0 aromatic heterocycles. The molecule has 0 radical (unpaired) electrons. The molecule has 2 nitrogen and oxygen atoms in total. The van der Waals surface area contributed by atoms with E-state index in [0.717, 1.165) is 17.6 Å². The fraction of sp³-hybridized carbons (Fsp3) is 0.474. The highest BCUT2D eigenvalue weighted by Crippen LogP contribution is 2.32. The van der Waals surface area contributed by atoms with Gasteiger partial charge in [0.15, 0.2) is 6.29 Å². The lowest BCUT2D eigenvalue weighted by molar-refractivity contribution is -0.0605. The van der Waals surface area contributed by atoms with Gasteiger partial charge in [-0.2, -0.15) is 0 Å². The van der Waals surface area contributed by atoms with Crippen molar-refractivity contribution >= 4 is 10.8 Å². The number of benzene rings is 2. The maximum atomic E-state index is 5.93. The molecule has 0 saturated heterocycles. The monoisotopic (exact) mass is 286 g/mol. The minimum Gasteiger partial charge on any atom is -0.465 e. The highest BCUT2D eigenvalue weighted by atomic mass is 16.7. The predicted molar refractivity (Wildman–Crippen MR) is 88.8 cm³/mol. The van der Waals surface area contributed by atoms with Crippen LogP contribution in [0.4, 0.5) is 0 Å². The largest absolute Gasteiger partial charge is 0.465 e. The van der Waals surface area contributed by atoms with Gasteiger partial charge in [-0.05, 0) is 42.7 Å². The Morgan fingerprint density at radius 3 is 2.33 bits per heavy atom. The first kappa shape index (κ1) is 15.8. The van der Waals surface area contributed by atoms with Crippen LogP contribution < -0.4 is 4.74 Å². The van der Waals surface area contributed by atoms with E-state index in [2.05, 4.69) is 51.1 Å². The Labute approximate surface area is 128 Å². The van der Waals surface area contributed by atoms with E-state index >= 15 is 0 Å². The quantitative estimate of drug-likeness (QED) is 0.704. The molecule has 21 heavy (non-hydrogen) atoms. The van der Waals surface area contributed by atoms with Crippen LogP contribution in [0.3, 0.4) is 0 Å². The first-order valence-electron chi connectivity index (χ1n) is 7.69. The van der Waals surface area contributed by atoms with Gasteiger partial charge in [0.05, 0.1) is 0 Å². The second-order valence-electron chi connectivity index (χ2n) is 6.65. The zero-order valence-electron chi connectivity index (χ0n) is 13.8. The van der Waals surface area contributed by atoms with Crippen LogP contribution in [-0.2, 0) is 11.2 Å². The Morgan fingerprint density at radius 2 is 1.67 bits per heavy atom. The molecule has 0 saturated carbocycles. The van der Waals surface area contributed by atoms with Gasteiger partial charge in [0.2, 0.25) is 0 Å². The zero-order valence-corrected chi connectivity index (χ0v) is 13.8. The molecular weight excluding hydrogens is 260 g/mol. The summed E-state index contributed by atoms with van der Waals surface area (Å²) in [6.45, 7) is 11.4. The Kier molecular flexibility index (Phi) is 4.89. The molecule has 0 fully saturated rings. The topological polar surface area (TPSA) is 18.5 Å². The van der Waals surface area contributed by atoms with Crippen molar-refractivity contribution in [1.82, 2.24) is 0 Å². The summed E-state index contributed by atoms with van der Waals surface area (Å²) in [5.74, 6) is 0.893. The molecule has 0 bridgehead atoms. The number of hydrogen-bond acceptors (Lipinski definition) is 2. The minimum absolute atomic E-state index is 0.230. The van der Waals surface area contributed by atoms with Crippen molar-refractivity contribution in [1.29, 1.82) is 0 Å². The molecule has 0 aliphatic rings. The summed E-state index contributed by atoms with van der Waals surface area (Å²) in [6.07, 6.45) is 0.821. The molecule has 0 N–H and O–H groups in total. The Balaban J connectivity index is 2.39. The van der Waals surface area contributed by atoms with Gasteiger partial charge in [0.1, 0.15) is 5.75 Å². The Hall–Kier alpha value is -1.54. The molecule has 2 aromatic carbocycles. The van der Waals surface area contributed by atoms with E-state index in [1.807, 2.05) is 19.9 Å². The zero-order chi connectivity index (χ0) is 15.5. The van der Waals surface area contributed by atoms with Crippen LogP contribution in [0.2, 0.25) is 0 Å². The van der Waals surface area contributed by atoms with Crippen molar-refractivity contribution in [2.75, 3.05) is 6.61 Å². The fourth-order valence-corrected chi connectivity index (χ4v) is 2.62. The lowest BCUT2D eigenvalue weighted by Gasteiger charge is -2.21. The maximum Gasteiger partial charge on any atom is 0.196 e. The number of hydrogen-bond donors (Lipinski definition) is 0. The van der Waals surface area contributed by atoms with Crippen LogP contribution >= 0.6 is 0 Å². The Bertz CT molecular complexity index is 596. The third-order valence-electron chi connectivity index (χ3n) is 3.39. The number of ether oxygens (including phenoxy) is 2. The van der Waals surface area contributed by atoms with E-state index in [1.54, 1.807) is 0 Å². The van der Waals surface area contributed by atoms with Crippen molar-refractivity contribution in [3.05, 3.63) is 42.0 Å². The van der Waals surface area contributed by atoms with Crippen molar-refractivity contribution in [2.24, 2.45) is 5.41 Å². The maximum absolute atomic E-state index is 5.93. The molecule has 1 unspecified atom stereocenters. The molecule has 0 aliphatic carbocycles. The van der Waals surface area contributed by atoms with Crippen LogP contribution in [-0.4, -0.2) is 12.9 Å². The standard InChI is InChI=1S/C19H26O2/c1-6-20-14(2)21-18-12-8-10-16-15(13-19(3,4)5)9-7-11-17(16)18/h7-12,14H,6,13H2,1-5H3. The van der Waals surface area contributed by atoms with Crippen LogP contribution in [0.15, 0.2) is 36.4 Å². The van der Waals surface area contributed by atoms with Gasteiger partial charge in [-0.25, -0.2) is 0 Å². The molecular formula is C19H26O2. The third-order valence-corrected chi connectivity index (χ3v) is 3.39. The highest BCUT2D eigenvalue weighted by Gasteiger charge is 2.15. The molecule has 1 atom stereocenters. The summed E-state index contributed by atoms with van der Waals surface area (Å²) in [7, 11) is 0. The van der Waals surface area contributed by atoms with E-state index < -0.39 is 0 Å². The average molecular weight is 286 g/mol. The summed E-state index contributed by atoms with van der Waals surface area (Å²) in [4.78, 5) is 0. The second-order valence-corrected chi connectivity index (χ2v) is 6.65. The van der Waals surface area contributed by atoms with E-state index in [0.29, 0.717) is 6.61 Å². The highest BCUT2D eigenvalue weighted by molar-refractivity contribution is 5.91. The van der Waals surface area contributed by atoms with E-state index in [4.69, 9.17) is 9.47 Å². The summed E-state index contributed by atoms with van der Waals surface area (Å²) < 4.78 is 11.4. The van der Waals surface area contributed by atoms with Gasteiger partial charge >= 0.3 is 0 Å². The molecule has 0 spiro atoms. The minimum atomic E-state index is -0.230. The van der Waals surface area contributed by atoms with Gasteiger partial charge in [-0.3, -0.25) is 0 Å². The summed E-state index contributed by atoms with van der Waals surface area (Å²) in [5, 5.41) is 2.43. The normalized spacial score (nSPS) is 13.4. The van der Waals surface area contributed by atoms with E-state index in [1.165, 1.54) is 10.9 Å². The molecule has 0 heterocycles. The summed E-state index contributed by atoms with van der Waals surface area (Å²) in [5.41, 5.74) is 1.64. The van der Waals surface area contributed by atoms with Gasteiger partial charge in [-0.1, -0.05) is 51.1 Å². The van der Waals surface area contributed by atoms with Crippen LogP contribution in [0.25, 0.3) is 10.8 Å². The SMILES string of the molecule is CCOC(C)Oc1cccc2c(CC(C)(C)C)cccc12. The van der Waals surface area contributed by atoms with Gasteiger partial charge in [0.25, 0.3) is 0 Å². The van der Waals surface area contributed by atoms with Crippen molar-refractivity contribution in [2.45, 2.75) is 47.3 Å². The molecule has 2 heteroatoms. The van der Waals surface area contributed by atoms with Gasteiger partial charge in [-0.15, -0.1) is 0 Å².